The molecule has 0 aromatic rings. The molecule has 0 aromatic heterocycles. The molecule has 1 saturated carbocycles. The maximum Gasteiger partial charge on any atom is 0.245 e. The van der Waals surface area contributed by atoms with Crippen LogP contribution in [0.5, 0.6) is 0 Å². The molecular formula is C34H61N7O6. The van der Waals surface area contributed by atoms with Gasteiger partial charge in [-0.25, -0.2) is 0 Å². The Morgan fingerprint density at radius 1 is 0.830 bits per heavy atom. The first kappa shape index (κ1) is 38.7. The van der Waals surface area contributed by atoms with Gasteiger partial charge in [0.05, 0.1) is 12.1 Å². The fourth-order valence-electron chi connectivity index (χ4n) is 7.25. The normalized spacial score (nSPS) is 31.4. The van der Waals surface area contributed by atoms with Crippen molar-refractivity contribution in [2.24, 2.45) is 17.6 Å². The molecule has 2 saturated heterocycles. The summed E-state index contributed by atoms with van der Waals surface area (Å²) < 4.78 is 0. The number of carbonyl (C=O) groups is 5. The predicted molar refractivity (Wildman–Crippen MR) is 180 cm³/mol. The summed E-state index contributed by atoms with van der Waals surface area (Å²) in [6.45, 7) is 8.31. The maximum absolute atomic E-state index is 14.3. The molecule has 1 aliphatic carbocycles. The first-order valence-corrected chi connectivity index (χ1v) is 18.0. The van der Waals surface area contributed by atoms with Gasteiger partial charge in [-0.05, 0) is 50.9 Å². The van der Waals surface area contributed by atoms with E-state index in [1.54, 1.807) is 11.9 Å². The van der Waals surface area contributed by atoms with Gasteiger partial charge in [0, 0.05) is 32.7 Å². The lowest BCUT2D eigenvalue weighted by atomic mass is 9.83. The number of amides is 5. The number of nitrogens with one attached hydrogen (secondary N) is 4. The van der Waals surface area contributed by atoms with Crippen LogP contribution in [-0.4, -0.2) is 113 Å². The lowest BCUT2D eigenvalue weighted by Crippen LogP contribution is -2.63. The molecule has 2 bridgehead atoms. The summed E-state index contributed by atoms with van der Waals surface area (Å²) in [5.41, 5.74) is 5.93. The van der Waals surface area contributed by atoms with E-state index in [0.29, 0.717) is 32.4 Å². The van der Waals surface area contributed by atoms with Crippen LogP contribution < -0.4 is 27.0 Å². The van der Waals surface area contributed by atoms with Crippen LogP contribution in [0.25, 0.3) is 0 Å². The molecule has 13 heteroatoms. The van der Waals surface area contributed by atoms with E-state index in [0.717, 1.165) is 57.8 Å². The van der Waals surface area contributed by atoms with Crippen molar-refractivity contribution >= 4 is 29.5 Å². The monoisotopic (exact) mass is 663 g/mol. The van der Waals surface area contributed by atoms with Gasteiger partial charge in [0.2, 0.25) is 29.5 Å². The van der Waals surface area contributed by atoms with Crippen molar-refractivity contribution in [1.82, 2.24) is 31.1 Å². The van der Waals surface area contributed by atoms with Gasteiger partial charge in [-0.15, -0.1) is 0 Å². The minimum absolute atomic E-state index is 0.0994. The summed E-state index contributed by atoms with van der Waals surface area (Å²) in [5, 5.41) is 21.7. The van der Waals surface area contributed by atoms with E-state index in [9.17, 15) is 29.1 Å². The number of likely N-dealkylation sites (N-methyl/N-ethyl adjacent to an activating group) is 1. The minimum Gasteiger partial charge on any atom is -0.391 e. The largest absolute Gasteiger partial charge is 0.391 e. The molecule has 268 valence electrons. The lowest BCUT2D eigenvalue weighted by molar-refractivity contribution is -0.145. The van der Waals surface area contributed by atoms with Crippen LogP contribution in [0, 0.1) is 11.8 Å². The summed E-state index contributed by atoms with van der Waals surface area (Å²) >= 11 is 0. The van der Waals surface area contributed by atoms with Crippen LogP contribution in [0.3, 0.4) is 0 Å². The highest BCUT2D eigenvalue weighted by molar-refractivity contribution is 5.96. The van der Waals surface area contributed by atoms with Crippen LogP contribution in [0.15, 0.2) is 0 Å². The van der Waals surface area contributed by atoms with Crippen molar-refractivity contribution in [2.45, 2.75) is 147 Å². The van der Waals surface area contributed by atoms with Gasteiger partial charge >= 0.3 is 0 Å². The van der Waals surface area contributed by atoms with Crippen LogP contribution in [0.2, 0.25) is 0 Å². The van der Waals surface area contributed by atoms with Gasteiger partial charge in [0.15, 0.2) is 0 Å². The molecular weight excluding hydrogens is 602 g/mol. The van der Waals surface area contributed by atoms with Crippen molar-refractivity contribution in [3.8, 4) is 0 Å². The number of hydrogen-bond donors (Lipinski definition) is 6. The van der Waals surface area contributed by atoms with Gasteiger partial charge in [-0.1, -0.05) is 65.7 Å². The number of aliphatic hydroxyl groups excluding tert-OH is 1. The van der Waals surface area contributed by atoms with E-state index in [2.05, 4.69) is 33.1 Å². The average Bonchev–Trinajstić information content (AvgIpc) is 3.50. The zero-order valence-corrected chi connectivity index (χ0v) is 29.3. The van der Waals surface area contributed by atoms with Gasteiger partial charge in [0.25, 0.3) is 0 Å². The predicted octanol–water partition coefficient (Wildman–Crippen LogP) is 0.777. The van der Waals surface area contributed by atoms with Crippen molar-refractivity contribution in [2.75, 3.05) is 26.7 Å². The fourth-order valence-corrected chi connectivity index (χ4v) is 7.25. The molecule has 0 radical (unpaired) electrons. The number of hydrogen-bond acceptors (Lipinski definition) is 8. The Kier molecular flexibility index (Phi) is 15.4. The molecule has 8 atom stereocenters. The van der Waals surface area contributed by atoms with Gasteiger partial charge in [-0.3, -0.25) is 28.9 Å². The second-order valence-electron chi connectivity index (χ2n) is 14.4. The van der Waals surface area contributed by atoms with Crippen LogP contribution in [-0.2, 0) is 24.0 Å². The fraction of sp³-hybridized carbons (Fsp3) is 0.853. The third-order valence-electron chi connectivity index (χ3n) is 10.1. The number of carbonyl (C=O) groups excluding carboxylic acids is 5. The second-order valence-corrected chi connectivity index (χ2v) is 14.4. The Labute approximate surface area is 280 Å². The van der Waals surface area contributed by atoms with E-state index in [1.807, 2.05) is 13.8 Å². The number of fused-ring (bicyclic) bond motifs is 2. The van der Waals surface area contributed by atoms with Gasteiger partial charge in [0.1, 0.15) is 24.2 Å². The Bertz CT molecular complexity index is 1070. The third kappa shape index (κ3) is 10.9. The number of nitrogens with zero attached hydrogens (tertiary/aromatic N) is 2. The summed E-state index contributed by atoms with van der Waals surface area (Å²) in [6, 6.07) is -4.96. The molecule has 3 fully saturated rings. The van der Waals surface area contributed by atoms with Crippen LogP contribution in [0.1, 0.15) is 105 Å². The second kappa shape index (κ2) is 18.7. The summed E-state index contributed by atoms with van der Waals surface area (Å²) in [4.78, 5) is 72.7. The van der Waals surface area contributed by atoms with Crippen LogP contribution >= 0.6 is 0 Å². The molecule has 2 heterocycles. The highest BCUT2D eigenvalue weighted by Crippen LogP contribution is 2.28. The van der Waals surface area contributed by atoms with E-state index >= 15 is 0 Å². The third-order valence-corrected chi connectivity index (χ3v) is 10.1. The summed E-state index contributed by atoms with van der Waals surface area (Å²) in [5.74, 6) is -2.36. The number of rotatable bonds is 10. The van der Waals surface area contributed by atoms with Crippen molar-refractivity contribution in [1.29, 1.82) is 0 Å². The number of unbranched alkanes of at least 4 members (excludes halogenated alkanes) is 3. The molecule has 2 aliphatic heterocycles. The summed E-state index contributed by atoms with van der Waals surface area (Å²) in [7, 11) is 1.68. The van der Waals surface area contributed by atoms with Crippen molar-refractivity contribution in [3.63, 3.8) is 0 Å². The molecule has 0 aromatic carbocycles. The van der Waals surface area contributed by atoms with E-state index in [-0.39, 0.29) is 36.2 Å². The van der Waals surface area contributed by atoms with Crippen molar-refractivity contribution in [3.05, 3.63) is 0 Å². The molecule has 2 unspecified atom stereocenters. The minimum atomic E-state index is -1.27. The molecule has 13 nitrogen and oxygen atoms in total. The Balaban J connectivity index is 2.02. The molecule has 47 heavy (non-hydrogen) atoms. The molecule has 0 spiro atoms. The molecule has 3 rings (SSSR count). The highest BCUT2D eigenvalue weighted by atomic mass is 16.3. The smallest absolute Gasteiger partial charge is 0.245 e. The lowest BCUT2D eigenvalue weighted by Gasteiger charge is -2.37. The Morgan fingerprint density at radius 3 is 2.15 bits per heavy atom. The maximum atomic E-state index is 14.3. The summed E-state index contributed by atoms with van der Waals surface area (Å²) in [6.07, 6.45) is 8.75. The molecule has 3 aliphatic rings. The van der Waals surface area contributed by atoms with Gasteiger partial charge in [-0.2, -0.15) is 0 Å². The van der Waals surface area contributed by atoms with Gasteiger partial charge < -0.3 is 37.0 Å². The highest BCUT2D eigenvalue weighted by Gasteiger charge is 2.41. The van der Waals surface area contributed by atoms with E-state index < -0.39 is 54.0 Å². The SMILES string of the molecule is CCCCCCC1C(=O)N(C)[C@@H](CC(C)C)C(=O)N[C@@H](C2CCCCC2)C(=O)N[C@@H](CN)C(=O)N[C@@H]([C@H](C)O)C(=O)N[C@H]2CCN1C2. The quantitative estimate of drug-likeness (QED) is 0.185. The first-order valence-electron chi connectivity index (χ1n) is 18.0. The van der Waals surface area contributed by atoms with Crippen LogP contribution in [0.4, 0.5) is 0 Å². The van der Waals surface area contributed by atoms with Crippen molar-refractivity contribution < 1.29 is 29.1 Å². The standard InChI is InChI=1S/C34H61N7O6/c1-6-7-8-12-15-26-34(47)40(5)27(18-21(2)3)31(44)39-29(23-13-10-9-11-14-23)33(46)37-25(19-35)30(43)38-28(22(4)42)32(45)36-24-16-17-41(26)20-24/h21-29,42H,6-20,35H2,1-5H3,(H,36,45)(H,37,46)(H,38,43)(H,39,44)/t22-,24-,25-,26?,27-,28-,29-/m0/s1. The number of aliphatic hydroxyl groups is 1. The zero-order valence-electron chi connectivity index (χ0n) is 29.3. The zero-order chi connectivity index (χ0) is 34.7. The molecule has 7 N–H and O–H groups in total. The average molecular weight is 664 g/mol. The molecule has 5 amide bonds. The Hall–Kier alpha value is -2.77. The first-order chi connectivity index (χ1) is 22.4. The topological polar surface area (TPSA) is 186 Å². The van der Waals surface area contributed by atoms with E-state index in [1.165, 1.54) is 6.92 Å². The Morgan fingerprint density at radius 2 is 1.53 bits per heavy atom. The number of nitrogens with two attached hydrogens (primary N) is 1. The van der Waals surface area contributed by atoms with E-state index in [4.69, 9.17) is 5.73 Å².